The molecule has 1 aliphatic heterocycles. The number of piperazine rings is 1. The molecular formula is C14H21N5S. The fraction of sp³-hybridized carbons (Fsp3) is 0.571. The van der Waals surface area contributed by atoms with Gasteiger partial charge in [0, 0.05) is 32.2 Å². The lowest BCUT2D eigenvalue weighted by molar-refractivity contribution is 0.192. The number of nitrogens with two attached hydrogens (primary N) is 1. The van der Waals surface area contributed by atoms with E-state index in [1.54, 1.807) is 11.3 Å². The van der Waals surface area contributed by atoms with Crippen LogP contribution >= 0.6 is 11.3 Å². The van der Waals surface area contributed by atoms with Crippen LogP contribution in [0.25, 0.3) is 10.2 Å². The summed E-state index contributed by atoms with van der Waals surface area (Å²) in [6.45, 7) is 8.74. The number of fused-ring (bicyclic) bond motifs is 1. The number of nitrogen functional groups attached to an aromatic ring is 1. The molecule has 3 heterocycles. The molecule has 0 bridgehead atoms. The van der Waals surface area contributed by atoms with Crippen LogP contribution in [0, 0.1) is 0 Å². The van der Waals surface area contributed by atoms with Gasteiger partial charge in [-0.25, -0.2) is 4.98 Å². The van der Waals surface area contributed by atoms with Crippen LogP contribution in [0.3, 0.4) is 0 Å². The first-order valence-electron chi connectivity index (χ1n) is 7.18. The molecule has 1 atom stereocenters. The maximum Gasteiger partial charge on any atom is 0.223 e. The summed E-state index contributed by atoms with van der Waals surface area (Å²) in [5.41, 5.74) is 5.83. The van der Waals surface area contributed by atoms with Crippen molar-refractivity contribution in [3.63, 3.8) is 0 Å². The largest absolute Gasteiger partial charge is 0.368 e. The maximum atomic E-state index is 5.83. The predicted molar refractivity (Wildman–Crippen MR) is 85.4 cm³/mol. The monoisotopic (exact) mass is 291 g/mol. The van der Waals surface area contributed by atoms with Gasteiger partial charge in [0.15, 0.2) is 0 Å². The second-order valence-electron chi connectivity index (χ2n) is 5.33. The molecule has 2 aromatic rings. The summed E-state index contributed by atoms with van der Waals surface area (Å²) >= 11 is 1.62. The molecule has 20 heavy (non-hydrogen) atoms. The first-order chi connectivity index (χ1) is 9.69. The fourth-order valence-corrected chi connectivity index (χ4v) is 3.50. The van der Waals surface area contributed by atoms with E-state index in [2.05, 4.69) is 45.1 Å². The van der Waals surface area contributed by atoms with Gasteiger partial charge in [0.2, 0.25) is 5.95 Å². The zero-order valence-electron chi connectivity index (χ0n) is 12.0. The summed E-state index contributed by atoms with van der Waals surface area (Å²) < 4.78 is 0. The molecule has 6 heteroatoms. The van der Waals surface area contributed by atoms with E-state index in [4.69, 9.17) is 5.73 Å². The highest BCUT2D eigenvalue weighted by molar-refractivity contribution is 7.16. The van der Waals surface area contributed by atoms with Crippen LogP contribution in [0.1, 0.15) is 20.3 Å². The molecule has 0 amide bonds. The van der Waals surface area contributed by atoms with Crippen LogP contribution in [0.15, 0.2) is 11.4 Å². The van der Waals surface area contributed by atoms with E-state index in [1.807, 2.05) is 0 Å². The minimum Gasteiger partial charge on any atom is -0.368 e. The average molecular weight is 291 g/mol. The van der Waals surface area contributed by atoms with E-state index in [1.165, 1.54) is 6.42 Å². The Balaban J connectivity index is 1.81. The smallest absolute Gasteiger partial charge is 0.223 e. The van der Waals surface area contributed by atoms with E-state index in [0.29, 0.717) is 12.0 Å². The van der Waals surface area contributed by atoms with E-state index in [9.17, 15) is 0 Å². The number of rotatable bonds is 3. The molecule has 0 aliphatic carbocycles. The van der Waals surface area contributed by atoms with Gasteiger partial charge in [0.25, 0.3) is 0 Å². The van der Waals surface area contributed by atoms with Crippen molar-refractivity contribution in [1.82, 2.24) is 14.9 Å². The van der Waals surface area contributed by atoms with Gasteiger partial charge in [-0.1, -0.05) is 6.92 Å². The lowest BCUT2D eigenvalue weighted by atomic mass is 10.2. The molecule has 1 aliphatic rings. The van der Waals surface area contributed by atoms with Crippen LogP contribution in [-0.4, -0.2) is 47.1 Å². The van der Waals surface area contributed by atoms with Crippen LogP contribution in [0.5, 0.6) is 0 Å². The topological polar surface area (TPSA) is 58.3 Å². The van der Waals surface area contributed by atoms with Crippen molar-refractivity contribution in [2.45, 2.75) is 26.3 Å². The summed E-state index contributed by atoms with van der Waals surface area (Å²) in [5.74, 6) is 1.37. The zero-order chi connectivity index (χ0) is 14.1. The van der Waals surface area contributed by atoms with Crippen LogP contribution in [-0.2, 0) is 0 Å². The van der Waals surface area contributed by atoms with E-state index in [-0.39, 0.29) is 0 Å². The van der Waals surface area contributed by atoms with E-state index >= 15 is 0 Å². The third-order valence-electron chi connectivity index (χ3n) is 4.15. The molecule has 0 radical (unpaired) electrons. The summed E-state index contributed by atoms with van der Waals surface area (Å²) in [6, 6.07) is 2.75. The third-order valence-corrected chi connectivity index (χ3v) is 4.96. The minimum absolute atomic E-state index is 0.374. The van der Waals surface area contributed by atoms with Gasteiger partial charge in [0.1, 0.15) is 10.6 Å². The molecule has 1 fully saturated rings. The number of anilines is 2. The van der Waals surface area contributed by atoms with Crippen molar-refractivity contribution >= 4 is 33.3 Å². The minimum atomic E-state index is 0.374. The van der Waals surface area contributed by atoms with Gasteiger partial charge in [-0.15, -0.1) is 11.3 Å². The van der Waals surface area contributed by atoms with Crippen LogP contribution in [0.2, 0.25) is 0 Å². The Morgan fingerprint density at radius 1 is 1.30 bits per heavy atom. The first-order valence-corrected chi connectivity index (χ1v) is 8.06. The molecule has 0 aromatic carbocycles. The molecule has 1 unspecified atom stereocenters. The molecule has 108 valence electrons. The van der Waals surface area contributed by atoms with Gasteiger partial charge >= 0.3 is 0 Å². The Labute approximate surface area is 123 Å². The van der Waals surface area contributed by atoms with Gasteiger partial charge in [-0.05, 0) is 24.8 Å². The summed E-state index contributed by atoms with van der Waals surface area (Å²) in [6.07, 6.45) is 1.20. The number of thiophene rings is 1. The number of aromatic nitrogens is 2. The standard InChI is InChI=1S/C14H21N5S/c1-3-10(2)18-5-7-19(8-6-18)12-11-4-9-20-13(11)17-14(15)16-12/h4,9-10H,3,5-8H2,1-2H3,(H2,15,16,17). The molecule has 0 saturated carbocycles. The second kappa shape index (κ2) is 5.54. The zero-order valence-corrected chi connectivity index (χ0v) is 12.9. The number of hydrogen-bond donors (Lipinski definition) is 1. The highest BCUT2D eigenvalue weighted by Crippen LogP contribution is 2.29. The molecule has 5 nitrogen and oxygen atoms in total. The third kappa shape index (κ3) is 2.45. The SMILES string of the molecule is CCC(C)N1CCN(c2nc(N)nc3sccc23)CC1. The molecule has 1 saturated heterocycles. The van der Waals surface area contributed by atoms with Crippen LogP contribution in [0.4, 0.5) is 11.8 Å². The van der Waals surface area contributed by atoms with Crippen molar-refractivity contribution in [1.29, 1.82) is 0 Å². The van der Waals surface area contributed by atoms with Crippen molar-refractivity contribution < 1.29 is 0 Å². The van der Waals surface area contributed by atoms with Gasteiger partial charge in [-0.2, -0.15) is 4.98 Å². The summed E-state index contributed by atoms with van der Waals surface area (Å²) in [7, 11) is 0. The van der Waals surface area contributed by atoms with Gasteiger partial charge in [0.05, 0.1) is 5.39 Å². The van der Waals surface area contributed by atoms with Crippen molar-refractivity contribution in [2.75, 3.05) is 36.8 Å². The summed E-state index contributed by atoms with van der Waals surface area (Å²) in [4.78, 5) is 14.6. The van der Waals surface area contributed by atoms with E-state index in [0.717, 1.165) is 42.2 Å². The molecule has 3 rings (SSSR count). The maximum absolute atomic E-state index is 5.83. The van der Waals surface area contributed by atoms with Crippen molar-refractivity contribution in [3.05, 3.63) is 11.4 Å². The lowest BCUT2D eigenvalue weighted by Gasteiger charge is -2.38. The Bertz CT molecular complexity index is 588. The van der Waals surface area contributed by atoms with Crippen molar-refractivity contribution in [2.24, 2.45) is 0 Å². The Kier molecular flexibility index (Phi) is 3.76. The molecule has 2 aromatic heterocycles. The number of nitrogens with zero attached hydrogens (tertiary/aromatic N) is 4. The predicted octanol–water partition coefficient (Wildman–Crippen LogP) is 2.19. The van der Waals surface area contributed by atoms with Gasteiger partial charge < -0.3 is 10.6 Å². The second-order valence-corrected chi connectivity index (χ2v) is 6.22. The Morgan fingerprint density at radius 3 is 2.75 bits per heavy atom. The molecule has 0 spiro atoms. The lowest BCUT2D eigenvalue weighted by Crippen LogP contribution is -2.49. The fourth-order valence-electron chi connectivity index (χ4n) is 2.73. The molecule has 2 N–H and O–H groups in total. The van der Waals surface area contributed by atoms with E-state index < -0.39 is 0 Å². The number of hydrogen-bond acceptors (Lipinski definition) is 6. The quantitative estimate of drug-likeness (QED) is 0.939. The van der Waals surface area contributed by atoms with Gasteiger partial charge in [-0.3, -0.25) is 4.90 Å². The Hall–Kier alpha value is -1.40. The molecular weight excluding hydrogens is 270 g/mol. The average Bonchev–Trinajstić information content (AvgIpc) is 2.94. The Morgan fingerprint density at radius 2 is 2.05 bits per heavy atom. The highest BCUT2D eigenvalue weighted by Gasteiger charge is 2.22. The normalized spacial score (nSPS) is 18.6. The highest BCUT2D eigenvalue weighted by atomic mass is 32.1. The van der Waals surface area contributed by atoms with Crippen molar-refractivity contribution in [3.8, 4) is 0 Å². The van der Waals surface area contributed by atoms with Crippen LogP contribution < -0.4 is 10.6 Å². The summed E-state index contributed by atoms with van der Waals surface area (Å²) in [5, 5.41) is 3.18. The first kappa shape index (κ1) is 13.6.